The maximum atomic E-state index is 12.1. The molecule has 0 aliphatic carbocycles. The number of nitrogens with one attached hydrogen (secondary N) is 1. The third-order valence-corrected chi connectivity index (χ3v) is 4.45. The van der Waals surface area contributed by atoms with Crippen LogP contribution in [0.25, 0.3) is 6.08 Å². The van der Waals surface area contributed by atoms with Crippen LogP contribution in [0.3, 0.4) is 0 Å². The summed E-state index contributed by atoms with van der Waals surface area (Å²) >= 11 is 0. The molecule has 0 saturated carbocycles. The molecule has 1 saturated heterocycles. The summed E-state index contributed by atoms with van der Waals surface area (Å²) in [6, 6.07) is 5.89. The highest BCUT2D eigenvalue weighted by Gasteiger charge is 2.23. The maximum absolute atomic E-state index is 12.1. The van der Waals surface area contributed by atoms with Crippen molar-refractivity contribution < 1.29 is 19.0 Å². The lowest BCUT2D eigenvalue weighted by Crippen LogP contribution is -2.41. The Kier molecular flexibility index (Phi) is 7.76. The summed E-state index contributed by atoms with van der Waals surface area (Å²) in [7, 11) is 4.92. The van der Waals surface area contributed by atoms with Crippen molar-refractivity contribution >= 4 is 12.0 Å². The minimum Gasteiger partial charge on any atom is -0.497 e. The summed E-state index contributed by atoms with van der Waals surface area (Å²) in [4.78, 5) is 14.5. The molecule has 1 aromatic rings. The van der Waals surface area contributed by atoms with Crippen molar-refractivity contribution in [2.75, 3.05) is 47.6 Å². The van der Waals surface area contributed by atoms with E-state index in [0.29, 0.717) is 18.3 Å². The second-order valence-electron chi connectivity index (χ2n) is 6.01. The van der Waals surface area contributed by atoms with Gasteiger partial charge in [-0.15, -0.1) is 0 Å². The van der Waals surface area contributed by atoms with Crippen LogP contribution in [-0.2, 0) is 9.53 Å². The predicted octanol–water partition coefficient (Wildman–Crippen LogP) is 1.94. The summed E-state index contributed by atoms with van der Waals surface area (Å²) in [6.07, 6.45) is 5.58. The minimum absolute atomic E-state index is 0.100. The Bertz CT molecular complexity index is 589. The molecule has 1 unspecified atom stereocenters. The number of ether oxygens (including phenoxy) is 3. The number of likely N-dealkylation sites (tertiary alicyclic amines) is 1. The Morgan fingerprint density at radius 2 is 2.16 bits per heavy atom. The van der Waals surface area contributed by atoms with Crippen molar-refractivity contribution in [2.45, 2.75) is 18.9 Å². The van der Waals surface area contributed by atoms with E-state index in [0.717, 1.165) is 37.4 Å². The smallest absolute Gasteiger partial charge is 0.244 e. The number of hydrogen-bond acceptors (Lipinski definition) is 5. The number of carbonyl (C=O) groups is 1. The standard InChI is InChI=1S/C19H28N2O4/c1-23-12-11-21-10-4-5-16(21)14-20-19(22)9-7-15-6-8-17(24-2)13-18(15)25-3/h6-9,13,16H,4-5,10-12,14H2,1-3H3,(H,20,22). The molecule has 0 spiro atoms. The first-order valence-electron chi connectivity index (χ1n) is 8.59. The first kappa shape index (κ1) is 19.3. The van der Waals surface area contributed by atoms with Crippen molar-refractivity contribution in [3.8, 4) is 11.5 Å². The van der Waals surface area contributed by atoms with Gasteiger partial charge in [0, 0.05) is 43.9 Å². The predicted molar refractivity (Wildman–Crippen MR) is 98.1 cm³/mol. The van der Waals surface area contributed by atoms with Crippen molar-refractivity contribution in [1.82, 2.24) is 10.2 Å². The van der Waals surface area contributed by atoms with E-state index in [1.54, 1.807) is 39.5 Å². The topological polar surface area (TPSA) is 60.0 Å². The Labute approximate surface area is 149 Å². The highest BCUT2D eigenvalue weighted by molar-refractivity contribution is 5.92. The second kappa shape index (κ2) is 10.1. The fourth-order valence-electron chi connectivity index (χ4n) is 3.03. The zero-order valence-corrected chi connectivity index (χ0v) is 15.3. The molecular weight excluding hydrogens is 320 g/mol. The summed E-state index contributed by atoms with van der Waals surface area (Å²) in [5, 5.41) is 2.99. The second-order valence-corrected chi connectivity index (χ2v) is 6.01. The largest absolute Gasteiger partial charge is 0.497 e. The molecule has 2 rings (SSSR count). The van der Waals surface area contributed by atoms with Crippen molar-refractivity contribution in [3.05, 3.63) is 29.8 Å². The lowest BCUT2D eigenvalue weighted by atomic mass is 10.1. The molecule has 1 aliphatic heterocycles. The molecule has 0 bridgehead atoms. The highest BCUT2D eigenvalue weighted by atomic mass is 16.5. The molecule has 25 heavy (non-hydrogen) atoms. The molecule has 6 heteroatoms. The average molecular weight is 348 g/mol. The summed E-state index contributed by atoms with van der Waals surface area (Å²) in [5.74, 6) is 1.29. The van der Waals surface area contributed by atoms with Crippen molar-refractivity contribution in [3.63, 3.8) is 0 Å². The summed E-state index contributed by atoms with van der Waals surface area (Å²) < 4.78 is 15.6. The average Bonchev–Trinajstić information content (AvgIpc) is 3.10. The van der Waals surface area contributed by atoms with Gasteiger partial charge in [0.15, 0.2) is 0 Å². The molecule has 0 radical (unpaired) electrons. The van der Waals surface area contributed by atoms with Crippen molar-refractivity contribution in [1.29, 1.82) is 0 Å². The zero-order valence-electron chi connectivity index (χ0n) is 15.3. The SMILES string of the molecule is COCCN1CCCC1CNC(=O)C=Cc1ccc(OC)cc1OC. The Morgan fingerprint density at radius 1 is 1.32 bits per heavy atom. The molecule has 6 nitrogen and oxygen atoms in total. The Hall–Kier alpha value is -2.05. The third kappa shape index (κ3) is 5.76. The summed E-state index contributed by atoms with van der Waals surface area (Å²) in [6.45, 7) is 3.37. The van der Waals surface area contributed by atoms with Crippen LogP contribution < -0.4 is 14.8 Å². The Balaban J connectivity index is 1.86. The van der Waals surface area contributed by atoms with E-state index in [2.05, 4.69) is 10.2 Å². The van der Waals surface area contributed by atoms with E-state index in [4.69, 9.17) is 14.2 Å². The lowest BCUT2D eigenvalue weighted by molar-refractivity contribution is -0.116. The van der Waals surface area contributed by atoms with Gasteiger partial charge in [0.25, 0.3) is 0 Å². The number of carbonyl (C=O) groups excluding carboxylic acids is 1. The van der Waals surface area contributed by atoms with Gasteiger partial charge in [-0.1, -0.05) is 0 Å². The van der Waals surface area contributed by atoms with Gasteiger partial charge < -0.3 is 19.5 Å². The van der Waals surface area contributed by atoms with Gasteiger partial charge in [-0.3, -0.25) is 9.69 Å². The highest BCUT2D eigenvalue weighted by Crippen LogP contribution is 2.25. The van der Waals surface area contributed by atoms with E-state index in [1.807, 2.05) is 12.1 Å². The maximum Gasteiger partial charge on any atom is 0.244 e. The van der Waals surface area contributed by atoms with Crippen LogP contribution in [0, 0.1) is 0 Å². The van der Waals surface area contributed by atoms with Crippen LogP contribution in [-0.4, -0.2) is 64.4 Å². The van der Waals surface area contributed by atoms with Crippen molar-refractivity contribution in [2.24, 2.45) is 0 Å². The van der Waals surface area contributed by atoms with Gasteiger partial charge in [0.05, 0.1) is 20.8 Å². The monoisotopic (exact) mass is 348 g/mol. The van der Waals surface area contributed by atoms with Gasteiger partial charge in [0.2, 0.25) is 5.91 Å². The molecule has 0 aromatic heterocycles. The Morgan fingerprint density at radius 3 is 2.88 bits per heavy atom. The van der Waals surface area contributed by atoms with Gasteiger partial charge in [-0.05, 0) is 37.6 Å². The van der Waals surface area contributed by atoms with Crippen LogP contribution in [0.15, 0.2) is 24.3 Å². The van der Waals surface area contributed by atoms with Gasteiger partial charge in [-0.25, -0.2) is 0 Å². The minimum atomic E-state index is -0.100. The summed E-state index contributed by atoms with van der Waals surface area (Å²) in [5.41, 5.74) is 0.834. The molecule has 1 amide bonds. The van der Waals surface area contributed by atoms with Gasteiger partial charge >= 0.3 is 0 Å². The van der Waals surface area contributed by atoms with Gasteiger partial charge in [-0.2, -0.15) is 0 Å². The van der Waals surface area contributed by atoms with E-state index in [9.17, 15) is 4.79 Å². The first-order valence-corrected chi connectivity index (χ1v) is 8.59. The van der Waals surface area contributed by atoms with E-state index < -0.39 is 0 Å². The van der Waals surface area contributed by atoms with E-state index >= 15 is 0 Å². The van der Waals surface area contributed by atoms with Crippen LogP contribution in [0.2, 0.25) is 0 Å². The number of hydrogen-bond donors (Lipinski definition) is 1. The van der Waals surface area contributed by atoms with E-state index in [1.165, 1.54) is 6.42 Å². The molecule has 1 fully saturated rings. The quantitative estimate of drug-likeness (QED) is 0.691. The molecule has 1 atom stereocenters. The molecule has 1 heterocycles. The molecule has 1 aromatic carbocycles. The first-order chi connectivity index (χ1) is 12.2. The molecule has 138 valence electrons. The number of amides is 1. The number of nitrogens with zero attached hydrogens (tertiary/aromatic N) is 1. The molecular formula is C19H28N2O4. The van der Waals surface area contributed by atoms with Crippen LogP contribution in [0.5, 0.6) is 11.5 Å². The van der Waals surface area contributed by atoms with Crippen LogP contribution >= 0.6 is 0 Å². The third-order valence-electron chi connectivity index (χ3n) is 4.45. The van der Waals surface area contributed by atoms with E-state index in [-0.39, 0.29) is 5.91 Å². The molecule has 1 aliphatic rings. The van der Waals surface area contributed by atoms with Crippen LogP contribution in [0.1, 0.15) is 18.4 Å². The molecule has 1 N–H and O–H groups in total. The fraction of sp³-hybridized carbons (Fsp3) is 0.526. The lowest BCUT2D eigenvalue weighted by Gasteiger charge is -2.24. The normalized spacial score (nSPS) is 17.8. The number of benzene rings is 1. The number of rotatable bonds is 9. The fourth-order valence-corrected chi connectivity index (χ4v) is 3.03. The zero-order chi connectivity index (χ0) is 18.1. The number of methoxy groups -OCH3 is 3. The van der Waals surface area contributed by atoms with Gasteiger partial charge in [0.1, 0.15) is 11.5 Å². The van der Waals surface area contributed by atoms with Crippen LogP contribution in [0.4, 0.5) is 0 Å².